The molecule has 0 aromatic heterocycles. The lowest BCUT2D eigenvalue weighted by atomic mass is 10.0. The van der Waals surface area contributed by atoms with Gasteiger partial charge in [-0.3, -0.25) is 0 Å². The zero-order valence-electron chi connectivity index (χ0n) is 10.7. The number of hydrogen-bond acceptors (Lipinski definition) is 4. The first-order valence-corrected chi connectivity index (χ1v) is 8.06. The summed E-state index contributed by atoms with van der Waals surface area (Å²) in [6.07, 6.45) is 4.14. The Balaban J connectivity index is 0. The summed E-state index contributed by atoms with van der Waals surface area (Å²) in [5.41, 5.74) is 14.4. The molecule has 1 aromatic rings. The van der Waals surface area contributed by atoms with Gasteiger partial charge in [0.1, 0.15) is 0 Å². The van der Waals surface area contributed by atoms with Crippen LogP contribution in [-0.2, 0) is 0 Å². The van der Waals surface area contributed by atoms with Crippen LogP contribution in [0.15, 0.2) is 24.3 Å². The van der Waals surface area contributed by atoms with Gasteiger partial charge in [0, 0.05) is 23.6 Å². The molecule has 0 aliphatic rings. The smallest absolute Gasteiger partial charge is 0.0386 e. The van der Waals surface area contributed by atoms with Crippen molar-refractivity contribution >= 4 is 48.3 Å². The van der Waals surface area contributed by atoms with Gasteiger partial charge in [-0.25, -0.2) is 0 Å². The van der Waals surface area contributed by atoms with Crippen LogP contribution in [-0.4, -0.2) is 24.0 Å². The summed E-state index contributed by atoms with van der Waals surface area (Å²) in [6.45, 7) is 0. The van der Waals surface area contributed by atoms with Gasteiger partial charge < -0.3 is 11.5 Å². The zero-order valence-corrected chi connectivity index (χ0v) is 13.9. The molecule has 1 aromatic carbocycles. The van der Waals surface area contributed by atoms with Gasteiger partial charge in [-0.15, -0.1) is 24.8 Å². The van der Waals surface area contributed by atoms with Crippen molar-refractivity contribution in [3.05, 3.63) is 35.4 Å². The highest BCUT2D eigenvalue weighted by molar-refractivity contribution is 7.98. The van der Waals surface area contributed by atoms with Gasteiger partial charge in [0.05, 0.1) is 0 Å². The fraction of sp³-hybridized carbons (Fsp3) is 0.500. The second kappa shape index (κ2) is 11.3. The molecule has 0 saturated heterocycles. The van der Waals surface area contributed by atoms with E-state index in [0.717, 1.165) is 11.5 Å². The SMILES string of the molecule is CSCC(N)c1ccc(C(N)CSC)cc1.Cl.Cl. The van der Waals surface area contributed by atoms with E-state index in [1.165, 1.54) is 11.1 Å². The van der Waals surface area contributed by atoms with E-state index in [1.807, 2.05) is 0 Å². The molecular formula is C12H22Cl2N2S2. The van der Waals surface area contributed by atoms with Gasteiger partial charge in [-0.1, -0.05) is 24.3 Å². The van der Waals surface area contributed by atoms with Crippen LogP contribution in [0.4, 0.5) is 0 Å². The van der Waals surface area contributed by atoms with E-state index in [0.29, 0.717) is 0 Å². The van der Waals surface area contributed by atoms with Crippen LogP contribution >= 0.6 is 48.3 Å². The maximum absolute atomic E-state index is 6.03. The van der Waals surface area contributed by atoms with Gasteiger partial charge in [0.25, 0.3) is 0 Å². The Labute approximate surface area is 131 Å². The Kier molecular flexibility index (Phi) is 13.0. The van der Waals surface area contributed by atoms with Crippen LogP contribution in [0.2, 0.25) is 0 Å². The molecule has 4 N–H and O–H groups in total. The highest BCUT2D eigenvalue weighted by atomic mass is 35.5. The molecule has 2 unspecified atom stereocenters. The van der Waals surface area contributed by atoms with Crippen LogP contribution in [0.5, 0.6) is 0 Å². The van der Waals surface area contributed by atoms with Gasteiger partial charge in [0.15, 0.2) is 0 Å². The molecule has 6 heteroatoms. The molecule has 0 bridgehead atoms. The second-order valence-corrected chi connectivity index (χ2v) is 5.61. The predicted octanol–water partition coefficient (Wildman–Crippen LogP) is 3.26. The summed E-state index contributed by atoms with van der Waals surface area (Å²) < 4.78 is 0. The molecule has 0 radical (unpaired) electrons. The third kappa shape index (κ3) is 6.55. The zero-order chi connectivity index (χ0) is 12.0. The van der Waals surface area contributed by atoms with E-state index in [9.17, 15) is 0 Å². The van der Waals surface area contributed by atoms with Crippen molar-refractivity contribution in [3.8, 4) is 0 Å². The molecule has 2 nitrogen and oxygen atoms in total. The summed E-state index contributed by atoms with van der Waals surface area (Å²) in [5, 5.41) is 0. The third-order valence-corrected chi connectivity index (χ3v) is 3.87. The van der Waals surface area contributed by atoms with E-state index >= 15 is 0 Å². The molecule has 0 saturated carbocycles. The minimum Gasteiger partial charge on any atom is -0.323 e. The minimum absolute atomic E-state index is 0. The quantitative estimate of drug-likeness (QED) is 0.841. The summed E-state index contributed by atoms with van der Waals surface area (Å²) >= 11 is 3.54. The summed E-state index contributed by atoms with van der Waals surface area (Å²) in [7, 11) is 0. The molecule has 0 heterocycles. The van der Waals surface area contributed by atoms with Crippen molar-refractivity contribution < 1.29 is 0 Å². The monoisotopic (exact) mass is 328 g/mol. The van der Waals surface area contributed by atoms with Crippen LogP contribution in [0.1, 0.15) is 23.2 Å². The Morgan fingerprint density at radius 1 is 0.833 bits per heavy atom. The average molecular weight is 329 g/mol. The first-order chi connectivity index (χ1) is 7.69. The van der Waals surface area contributed by atoms with E-state index in [1.54, 1.807) is 23.5 Å². The fourth-order valence-corrected chi connectivity index (χ4v) is 2.65. The van der Waals surface area contributed by atoms with Gasteiger partial charge >= 0.3 is 0 Å². The van der Waals surface area contributed by atoms with E-state index in [2.05, 4.69) is 36.8 Å². The first-order valence-electron chi connectivity index (χ1n) is 5.28. The first kappa shape index (κ1) is 20.7. The van der Waals surface area contributed by atoms with Gasteiger partial charge in [-0.05, 0) is 23.6 Å². The Hall–Kier alpha value is 0.420. The Morgan fingerprint density at radius 2 is 1.11 bits per heavy atom. The number of rotatable bonds is 6. The Bertz CT molecular complexity index is 278. The van der Waals surface area contributed by atoms with E-state index in [-0.39, 0.29) is 36.9 Å². The summed E-state index contributed by atoms with van der Waals surface area (Å²) in [6, 6.07) is 8.63. The minimum atomic E-state index is 0. The lowest BCUT2D eigenvalue weighted by molar-refractivity contribution is 0.812. The highest BCUT2D eigenvalue weighted by Crippen LogP contribution is 2.19. The molecule has 0 amide bonds. The molecule has 0 fully saturated rings. The maximum atomic E-state index is 6.03. The topological polar surface area (TPSA) is 52.0 Å². The number of thioether (sulfide) groups is 2. The van der Waals surface area contributed by atoms with Crippen LogP contribution < -0.4 is 11.5 Å². The van der Waals surface area contributed by atoms with Crippen LogP contribution in [0, 0.1) is 0 Å². The largest absolute Gasteiger partial charge is 0.323 e. The van der Waals surface area contributed by atoms with Crippen molar-refractivity contribution in [2.45, 2.75) is 12.1 Å². The number of halogens is 2. The molecule has 2 atom stereocenters. The fourth-order valence-electron chi connectivity index (χ4n) is 1.54. The normalized spacial score (nSPS) is 13.1. The molecule has 0 aliphatic carbocycles. The molecule has 1 rings (SSSR count). The van der Waals surface area contributed by atoms with Crippen molar-refractivity contribution in [2.24, 2.45) is 11.5 Å². The van der Waals surface area contributed by atoms with Crippen molar-refractivity contribution in [3.63, 3.8) is 0 Å². The predicted molar refractivity (Wildman–Crippen MR) is 91.6 cm³/mol. The van der Waals surface area contributed by atoms with E-state index < -0.39 is 0 Å². The second-order valence-electron chi connectivity index (χ2n) is 3.79. The number of nitrogens with two attached hydrogens (primary N) is 2. The average Bonchev–Trinajstić information content (AvgIpc) is 2.30. The molecule has 18 heavy (non-hydrogen) atoms. The van der Waals surface area contributed by atoms with E-state index in [4.69, 9.17) is 11.5 Å². The summed E-state index contributed by atoms with van der Waals surface area (Å²) in [4.78, 5) is 0. The van der Waals surface area contributed by atoms with Crippen molar-refractivity contribution in [1.82, 2.24) is 0 Å². The molecule has 0 spiro atoms. The molecular weight excluding hydrogens is 307 g/mol. The highest BCUT2D eigenvalue weighted by Gasteiger charge is 2.07. The number of benzene rings is 1. The van der Waals surface area contributed by atoms with Gasteiger partial charge in [-0.2, -0.15) is 23.5 Å². The lowest BCUT2D eigenvalue weighted by Gasteiger charge is -2.14. The molecule has 0 aliphatic heterocycles. The third-order valence-electron chi connectivity index (χ3n) is 2.49. The van der Waals surface area contributed by atoms with Crippen molar-refractivity contribution in [1.29, 1.82) is 0 Å². The Morgan fingerprint density at radius 3 is 1.33 bits per heavy atom. The maximum Gasteiger partial charge on any atom is 0.0386 e. The summed E-state index contributed by atoms with van der Waals surface area (Å²) in [5.74, 6) is 1.91. The van der Waals surface area contributed by atoms with Crippen LogP contribution in [0.25, 0.3) is 0 Å². The standard InChI is InChI=1S/C12H20N2S2.2ClH/c1-15-7-11(13)9-3-5-10(6-4-9)12(14)8-16-2;;/h3-6,11-12H,7-8,13-14H2,1-2H3;2*1H. The number of hydrogen-bond donors (Lipinski definition) is 2. The molecule has 106 valence electrons. The lowest BCUT2D eigenvalue weighted by Crippen LogP contribution is -2.15. The van der Waals surface area contributed by atoms with Crippen molar-refractivity contribution in [2.75, 3.05) is 24.0 Å². The van der Waals surface area contributed by atoms with Gasteiger partial charge in [0.2, 0.25) is 0 Å². The van der Waals surface area contributed by atoms with Crippen LogP contribution in [0.3, 0.4) is 0 Å².